The summed E-state index contributed by atoms with van der Waals surface area (Å²) in [7, 11) is -3.69. The molecule has 3 atom stereocenters. The second-order valence-corrected chi connectivity index (χ2v) is 12.5. The van der Waals surface area contributed by atoms with E-state index in [2.05, 4.69) is 27.9 Å². The van der Waals surface area contributed by atoms with Crippen LogP contribution in [0.2, 0.25) is 0 Å². The molecule has 1 amide bonds. The van der Waals surface area contributed by atoms with Gasteiger partial charge >= 0.3 is 0 Å². The predicted molar refractivity (Wildman–Crippen MR) is 156 cm³/mol. The number of anilines is 1. The summed E-state index contributed by atoms with van der Waals surface area (Å²) in [6.45, 7) is 2.31. The number of benzene rings is 3. The van der Waals surface area contributed by atoms with E-state index in [1.165, 1.54) is 5.56 Å². The van der Waals surface area contributed by atoms with Gasteiger partial charge in [0.25, 0.3) is 0 Å². The van der Waals surface area contributed by atoms with Gasteiger partial charge in [0.2, 0.25) is 15.9 Å². The zero-order valence-electron chi connectivity index (χ0n) is 22.5. The third-order valence-corrected chi connectivity index (χ3v) is 9.46. The number of carbonyl (C=O) groups excluding carboxylic acids is 1. The Kier molecular flexibility index (Phi) is 7.26. The first kappa shape index (κ1) is 26.4. The van der Waals surface area contributed by atoms with E-state index < -0.39 is 10.0 Å². The molecule has 4 aromatic rings. The Balaban J connectivity index is 1.32. The van der Waals surface area contributed by atoms with E-state index in [0.29, 0.717) is 13.0 Å². The number of nitrogens with one attached hydrogen (secondary N) is 1. The summed E-state index contributed by atoms with van der Waals surface area (Å²) in [6, 6.07) is 30.3. The number of nitrogens with zero attached hydrogens (tertiary/aromatic N) is 2. The highest BCUT2D eigenvalue weighted by atomic mass is 32.2. The van der Waals surface area contributed by atoms with Crippen molar-refractivity contribution in [2.75, 3.05) is 4.90 Å². The fourth-order valence-electron chi connectivity index (χ4n) is 5.81. The molecule has 0 bridgehead atoms. The highest BCUT2D eigenvalue weighted by Crippen LogP contribution is 2.49. The molecule has 40 heavy (non-hydrogen) atoms. The van der Waals surface area contributed by atoms with Crippen LogP contribution in [0, 0.1) is 12.8 Å². The standard InChI is InChI=1S/C33H33N3O3S/c1-23-10-8-14-26(34-23)22-36(33(37)31-21-29(31)24-11-4-2-5-12-24)27-19-18-25-13-9-17-32(30(25)20-27)35-40(38,39)28-15-6-3-7-16-28/h2-8,10-12,14-16,18-20,29,31-32,35H,9,13,17,21-22H2,1H3/t29-,31+,32+/m0/s1. The molecule has 6 nitrogen and oxygen atoms in total. The van der Waals surface area contributed by atoms with Crippen LogP contribution >= 0.6 is 0 Å². The lowest BCUT2D eigenvalue weighted by Crippen LogP contribution is -2.34. The van der Waals surface area contributed by atoms with Crippen molar-refractivity contribution in [1.29, 1.82) is 0 Å². The van der Waals surface area contributed by atoms with E-state index >= 15 is 0 Å². The lowest BCUT2D eigenvalue weighted by atomic mass is 9.87. The van der Waals surface area contributed by atoms with E-state index in [9.17, 15) is 13.2 Å². The number of pyridine rings is 1. The van der Waals surface area contributed by atoms with Gasteiger partial charge in [0.15, 0.2) is 0 Å². The SMILES string of the molecule is Cc1cccc(CN(C(=O)[C@@H]2C[C@H]2c2ccccc2)c2ccc3c(c2)[C@H](NS(=O)(=O)c2ccccc2)CCC3)n1. The minimum atomic E-state index is -3.69. The average Bonchev–Trinajstić information content (AvgIpc) is 3.78. The zero-order chi connectivity index (χ0) is 27.7. The molecule has 0 aliphatic heterocycles. The second kappa shape index (κ2) is 11.0. The van der Waals surface area contributed by atoms with Crippen LogP contribution in [0.5, 0.6) is 0 Å². The Morgan fingerprint density at radius 1 is 0.950 bits per heavy atom. The zero-order valence-corrected chi connectivity index (χ0v) is 23.3. The molecule has 204 valence electrons. The van der Waals surface area contributed by atoms with Crippen molar-refractivity contribution in [2.24, 2.45) is 5.92 Å². The molecule has 6 rings (SSSR count). The monoisotopic (exact) mass is 551 g/mol. The molecule has 0 unspecified atom stereocenters. The highest BCUT2D eigenvalue weighted by molar-refractivity contribution is 7.89. The third kappa shape index (κ3) is 5.58. The summed E-state index contributed by atoms with van der Waals surface area (Å²) in [5, 5.41) is 0. The number of hydrogen-bond acceptors (Lipinski definition) is 4. The smallest absolute Gasteiger partial charge is 0.241 e. The van der Waals surface area contributed by atoms with Gasteiger partial charge in [0.1, 0.15) is 0 Å². The van der Waals surface area contributed by atoms with E-state index in [-0.39, 0.29) is 28.7 Å². The van der Waals surface area contributed by atoms with Crippen molar-refractivity contribution in [3.8, 4) is 0 Å². The molecular formula is C33H33N3O3S. The lowest BCUT2D eigenvalue weighted by Gasteiger charge is -2.29. The minimum absolute atomic E-state index is 0.0781. The molecule has 2 aliphatic rings. The van der Waals surface area contributed by atoms with Crippen LogP contribution in [0.4, 0.5) is 5.69 Å². The number of aromatic nitrogens is 1. The van der Waals surface area contributed by atoms with Gasteiger partial charge in [-0.25, -0.2) is 13.1 Å². The fraction of sp³-hybridized carbons (Fsp3) is 0.273. The van der Waals surface area contributed by atoms with Crippen LogP contribution in [0.3, 0.4) is 0 Å². The van der Waals surface area contributed by atoms with Crippen molar-refractivity contribution in [2.45, 2.75) is 56.0 Å². The molecule has 0 spiro atoms. The summed E-state index contributed by atoms with van der Waals surface area (Å²) in [5.41, 5.74) is 5.74. The van der Waals surface area contributed by atoms with Crippen molar-refractivity contribution in [3.05, 3.63) is 125 Å². The Morgan fingerprint density at radius 3 is 2.45 bits per heavy atom. The molecule has 1 fully saturated rings. The quantitative estimate of drug-likeness (QED) is 0.288. The van der Waals surface area contributed by atoms with Crippen molar-refractivity contribution >= 4 is 21.6 Å². The van der Waals surface area contributed by atoms with Gasteiger partial charge < -0.3 is 4.90 Å². The summed E-state index contributed by atoms with van der Waals surface area (Å²) in [6.07, 6.45) is 3.30. The van der Waals surface area contributed by atoms with Gasteiger partial charge in [-0.1, -0.05) is 60.7 Å². The largest absolute Gasteiger partial charge is 0.306 e. The maximum absolute atomic E-state index is 14.0. The van der Waals surface area contributed by atoms with E-state index in [1.54, 1.807) is 30.3 Å². The summed E-state index contributed by atoms with van der Waals surface area (Å²) in [4.78, 5) is 20.8. The Morgan fingerprint density at radius 2 is 1.70 bits per heavy atom. The number of aryl methyl sites for hydroxylation is 2. The number of amides is 1. The van der Waals surface area contributed by atoms with Crippen LogP contribution in [0.1, 0.15) is 59.3 Å². The molecule has 0 radical (unpaired) electrons. The van der Waals surface area contributed by atoms with Gasteiger partial charge in [-0.2, -0.15) is 0 Å². The summed E-state index contributed by atoms with van der Waals surface area (Å²) in [5.74, 6) is 0.203. The van der Waals surface area contributed by atoms with Gasteiger partial charge in [-0.3, -0.25) is 9.78 Å². The van der Waals surface area contributed by atoms with Crippen LogP contribution in [-0.4, -0.2) is 19.3 Å². The second-order valence-electron chi connectivity index (χ2n) is 10.8. The van der Waals surface area contributed by atoms with Crippen LogP contribution < -0.4 is 9.62 Å². The lowest BCUT2D eigenvalue weighted by molar-refractivity contribution is -0.120. The number of fused-ring (bicyclic) bond motifs is 1. The molecule has 3 aromatic carbocycles. The van der Waals surface area contributed by atoms with E-state index in [0.717, 1.165) is 47.5 Å². The maximum atomic E-state index is 14.0. The number of rotatable bonds is 8. The van der Waals surface area contributed by atoms with E-state index in [1.807, 2.05) is 60.4 Å². The molecule has 1 aromatic heterocycles. The summed E-state index contributed by atoms with van der Waals surface area (Å²) >= 11 is 0. The van der Waals surface area contributed by atoms with Gasteiger partial charge in [-0.15, -0.1) is 0 Å². The predicted octanol–water partition coefficient (Wildman–Crippen LogP) is 6.08. The third-order valence-electron chi connectivity index (χ3n) is 7.97. The number of hydrogen-bond donors (Lipinski definition) is 1. The first-order chi connectivity index (χ1) is 19.4. The van der Waals surface area contributed by atoms with Crippen molar-refractivity contribution < 1.29 is 13.2 Å². The fourth-order valence-corrected chi connectivity index (χ4v) is 7.09. The van der Waals surface area contributed by atoms with Gasteiger partial charge in [0.05, 0.1) is 17.1 Å². The van der Waals surface area contributed by atoms with Crippen LogP contribution in [0.15, 0.2) is 102 Å². The molecule has 1 heterocycles. The Hall–Kier alpha value is -3.81. The first-order valence-electron chi connectivity index (χ1n) is 13.9. The average molecular weight is 552 g/mol. The van der Waals surface area contributed by atoms with Crippen LogP contribution in [-0.2, 0) is 27.8 Å². The Bertz CT molecular complexity index is 1620. The van der Waals surface area contributed by atoms with Gasteiger partial charge in [0, 0.05) is 23.3 Å². The molecule has 1 saturated carbocycles. The van der Waals surface area contributed by atoms with Crippen molar-refractivity contribution in [3.63, 3.8) is 0 Å². The first-order valence-corrected chi connectivity index (χ1v) is 15.4. The molecule has 1 N–H and O–H groups in total. The van der Waals surface area contributed by atoms with Gasteiger partial charge in [-0.05, 0) is 91.6 Å². The number of carbonyl (C=O) groups is 1. The molecule has 7 heteroatoms. The molecule has 2 aliphatic carbocycles. The molecular weight excluding hydrogens is 518 g/mol. The topological polar surface area (TPSA) is 79.4 Å². The Labute approximate surface area is 236 Å². The van der Waals surface area contributed by atoms with Crippen LogP contribution in [0.25, 0.3) is 0 Å². The summed E-state index contributed by atoms with van der Waals surface area (Å²) < 4.78 is 29.3. The highest BCUT2D eigenvalue weighted by Gasteiger charge is 2.46. The van der Waals surface area contributed by atoms with E-state index in [4.69, 9.17) is 0 Å². The normalized spacial score (nSPS) is 20.0. The number of sulfonamides is 1. The van der Waals surface area contributed by atoms with Crippen molar-refractivity contribution in [1.82, 2.24) is 9.71 Å². The maximum Gasteiger partial charge on any atom is 0.241 e. The molecule has 0 saturated heterocycles. The minimum Gasteiger partial charge on any atom is -0.306 e.